The molecule has 2 heterocycles. The van der Waals surface area contributed by atoms with Crippen molar-refractivity contribution in [3.63, 3.8) is 0 Å². The molecule has 0 N–H and O–H groups in total. The van der Waals surface area contributed by atoms with Crippen LogP contribution in [0, 0.1) is 0 Å². The van der Waals surface area contributed by atoms with Crippen LogP contribution >= 0.6 is 71.5 Å². The minimum Gasteiger partial charge on any atom is -0.779 e. The van der Waals surface area contributed by atoms with E-state index in [-0.39, 0.29) is 37.8 Å². The van der Waals surface area contributed by atoms with Crippen molar-refractivity contribution in [1.29, 1.82) is 0 Å². The zero-order valence-electron chi connectivity index (χ0n) is 8.10. The van der Waals surface area contributed by atoms with Crippen molar-refractivity contribution in [3.05, 3.63) is 0 Å². The predicted molar refractivity (Wildman–Crippen MR) is 100 cm³/mol. The van der Waals surface area contributed by atoms with Crippen LogP contribution in [0.25, 0.3) is 0 Å². The van der Waals surface area contributed by atoms with Gasteiger partial charge in [-0.2, -0.15) is 0 Å². The molecule has 0 aromatic carbocycles. The van der Waals surface area contributed by atoms with Gasteiger partial charge in [-0.15, -0.1) is 65.4 Å². The fraction of sp³-hybridized carbons (Fsp3) is 0.667. The Morgan fingerprint density at radius 2 is 0.824 bits per heavy atom. The average Bonchev–Trinajstić information content (AvgIpc) is 2.58. The number of thiocarbonyl (C=S) groups is 2. The van der Waals surface area contributed by atoms with E-state index in [2.05, 4.69) is 0 Å². The summed E-state index contributed by atoms with van der Waals surface area (Å²) in [6, 6.07) is 0. The van der Waals surface area contributed by atoms with Crippen LogP contribution < -0.4 is 0 Å². The maximum atomic E-state index is 4.95. The molecule has 2 aliphatic heterocycles. The Morgan fingerprint density at radius 1 is 0.647 bits per heavy atom. The molecular formula is C6H4S10Zn-4. The van der Waals surface area contributed by atoms with Crippen molar-refractivity contribution in [2.24, 2.45) is 0 Å². The zero-order chi connectivity index (χ0) is 12.3. The summed E-state index contributed by atoms with van der Waals surface area (Å²) in [6.45, 7) is 0. The largest absolute Gasteiger partial charge is 0.779 e. The second-order valence-corrected chi connectivity index (χ2v) is 12.6. The van der Waals surface area contributed by atoms with Crippen LogP contribution in [0.2, 0.25) is 0 Å². The average molecular weight is 462 g/mol. The SMILES string of the molecule is S=C1SC([S-])C([S-])S1.S=C1SC([S-])C([S-])S1.[Zn]. The topological polar surface area (TPSA) is 0 Å². The molecule has 0 radical (unpaired) electrons. The monoisotopic (exact) mass is 460 g/mol. The van der Waals surface area contributed by atoms with E-state index in [0.717, 1.165) is 7.06 Å². The van der Waals surface area contributed by atoms with Gasteiger partial charge in [0, 0.05) is 19.5 Å². The Morgan fingerprint density at radius 3 is 0.882 bits per heavy atom. The quantitative estimate of drug-likeness (QED) is 0.298. The Hall–Kier alpha value is 3.60. The van der Waals surface area contributed by atoms with E-state index in [1.807, 2.05) is 0 Å². The first-order valence-corrected chi connectivity index (χ1v) is 10.00. The van der Waals surface area contributed by atoms with E-state index in [1.54, 1.807) is 0 Å². The minimum atomic E-state index is 0. The number of rotatable bonds is 0. The van der Waals surface area contributed by atoms with Crippen molar-refractivity contribution in [3.8, 4) is 0 Å². The van der Waals surface area contributed by atoms with Crippen LogP contribution in [0.5, 0.6) is 0 Å². The van der Waals surface area contributed by atoms with Crippen LogP contribution in [0.1, 0.15) is 0 Å². The Bertz CT molecular complexity index is 230. The molecule has 0 amide bonds. The molecule has 0 bridgehead atoms. The molecule has 2 fully saturated rings. The summed E-state index contributed by atoms with van der Waals surface area (Å²) in [7, 11) is 0. The van der Waals surface area contributed by atoms with Gasteiger partial charge in [0.15, 0.2) is 0 Å². The molecule has 0 nitrogen and oxygen atoms in total. The number of hydrogen-bond acceptors (Lipinski definition) is 10. The molecule has 0 spiro atoms. The van der Waals surface area contributed by atoms with Gasteiger partial charge in [0.2, 0.25) is 0 Å². The summed E-state index contributed by atoms with van der Waals surface area (Å²) < 4.78 is 2.32. The minimum absolute atomic E-state index is 0. The van der Waals surface area contributed by atoms with Gasteiger partial charge in [0.05, 0.1) is 0 Å². The molecular weight excluding hydrogens is 458 g/mol. The smallest absolute Gasteiger partial charge is 0.100 e. The van der Waals surface area contributed by atoms with Crippen molar-refractivity contribution in [2.75, 3.05) is 0 Å². The molecule has 2 aliphatic rings. The molecule has 4 atom stereocenters. The van der Waals surface area contributed by atoms with E-state index in [4.69, 9.17) is 75.0 Å². The molecule has 94 valence electrons. The number of thioether (sulfide) groups is 4. The maximum Gasteiger partial charge on any atom is 0.100 e. The summed E-state index contributed by atoms with van der Waals surface area (Å²) in [6.07, 6.45) is 0. The van der Waals surface area contributed by atoms with Crippen LogP contribution in [0.3, 0.4) is 0 Å². The third-order valence-corrected chi connectivity index (χ3v) is 10.0. The van der Waals surface area contributed by atoms with Gasteiger partial charge in [-0.1, -0.05) is 24.4 Å². The van der Waals surface area contributed by atoms with E-state index < -0.39 is 0 Å². The third kappa shape index (κ3) is 7.97. The van der Waals surface area contributed by atoms with Gasteiger partial charge in [0.25, 0.3) is 0 Å². The second kappa shape index (κ2) is 10.3. The molecule has 11 heteroatoms. The van der Waals surface area contributed by atoms with Gasteiger partial charge in [0.1, 0.15) is 7.06 Å². The van der Waals surface area contributed by atoms with Crippen molar-refractivity contribution >= 4 is 129 Å². The van der Waals surface area contributed by atoms with Gasteiger partial charge >= 0.3 is 0 Å². The van der Waals surface area contributed by atoms with Crippen LogP contribution in [0.4, 0.5) is 0 Å². The molecule has 17 heavy (non-hydrogen) atoms. The van der Waals surface area contributed by atoms with E-state index in [0.29, 0.717) is 0 Å². The van der Waals surface area contributed by atoms with Gasteiger partial charge in [-0.3, -0.25) is 0 Å². The molecule has 0 saturated carbocycles. The van der Waals surface area contributed by atoms with Crippen LogP contribution in [-0.2, 0) is 70.0 Å². The summed E-state index contributed by atoms with van der Waals surface area (Å²) in [5, 5.41) is 0. The summed E-state index contributed by atoms with van der Waals surface area (Å²) >= 11 is 35.7. The van der Waals surface area contributed by atoms with Crippen LogP contribution in [-0.4, -0.2) is 25.4 Å². The van der Waals surface area contributed by atoms with Gasteiger partial charge in [-0.25, -0.2) is 0 Å². The summed E-state index contributed by atoms with van der Waals surface area (Å²) in [5.74, 6) is 0. The maximum absolute atomic E-state index is 4.95. The van der Waals surface area contributed by atoms with E-state index >= 15 is 0 Å². The normalized spacial score (nSPS) is 36.2. The first-order valence-electron chi connectivity index (χ1n) is 3.78. The van der Waals surface area contributed by atoms with Crippen molar-refractivity contribution in [2.45, 2.75) is 18.3 Å². The first-order chi connectivity index (χ1) is 7.40. The van der Waals surface area contributed by atoms with Crippen LogP contribution in [0.15, 0.2) is 0 Å². The molecule has 2 saturated heterocycles. The predicted octanol–water partition coefficient (Wildman–Crippen LogP) is 2.99. The van der Waals surface area contributed by atoms with Crippen molar-refractivity contribution in [1.82, 2.24) is 0 Å². The van der Waals surface area contributed by atoms with E-state index in [9.17, 15) is 0 Å². The van der Waals surface area contributed by atoms with Crippen molar-refractivity contribution < 1.29 is 19.5 Å². The van der Waals surface area contributed by atoms with Gasteiger partial charge in [-0.05, 0) is 0 Å². The fourth-order valence-corrected chi connectivity index (χ4v) is 8.74. The molecule has 4 unspecified atom stereocenters. The van der Waals surface area contributed by atoms with E-state index in [1.165, 1.54) is 47.0 Å². The fourth-order valence-electron chi connectivity index (χ4n) is 0.657. The van der Waals surface area contributed by atoms with Gasteiger partial charge < -0.3 is 50.5 Å². The Kier molecular flexibility index (Phi) is 12.5. The number of hydrogen-bond donors (Lipinski definition) is 0. The summed E-state index contributed by atoms with van der Waals surface area (Å²) in [4.78, 5) is 0. The Balaban J connectivity index is 0.000000284. The first kappa shape index (κ1) is 20.6. The third-order valence-electron chi connectivity index (χ3n) is 1.29. The molecule has 0 aromatic rings. The summed E-state index contributed by atoms with van der Waals surface area (Å²) in [5.41, 5.74) is 0. The molecule has 0 aliphatic carbocycles. The molecule has 2 rings (SSSR count). The second-order valence-electron chi connectivity index (χ2n) is 2.44. The molecule has 0 aromatic heterocycles. The zero-order valence-corrected chi connectivity index (χ0v) is 19.2. The standard InChI is InChI=1S/2C3H4S5.Zn/c2*4-1-2(5)8-3(6)7-1;/h2*1-2,4-5H;/p-4. The Labute approximate surface area is 164 Å².